The number of nitrogen functional groups attached to an aromatic ring is 2. The third-order valence-electron chi connectivity index (χ3n) is 4.04. The van der Waals surface area contributed by atoms with Crippen LogP contribution in [0.2, 0.25) is 0 Å². The van der Waals surface area contributed by atoms with Crippen LogP contribution in [-0.4, -0.2) is 0 Å². The van der Waals surface area contributed by atoms with Gasteiger partial charge in [-0.25, -0.2) is 0 Å². The third kappa shape index (κ3) is 3.49. The monoisotopic (exact) mass is 314 g/mol. The summed E-state index contributed by atoms with van der Waals surface area (Å²) in [5.74, 6) is 0. The van der Waals surface area contributed by atoms with Gasteiger partial charge in [-0.2, -0.15) is 0 Å². The first kappa shape index (κ1) is 15.9. The number of hydrogen-bond acceptors (Lipinski definition) is 2. The lowest BCUT2D eigenvalue weighted by Gasteiger charge is -2.12. The van der Waals surface area contributed by atoms with E-state index in [2.05, 4.69) is 56.3 Å². The van der Waals surface area contributed by atoms with E-state index < -0.39 is 0 Å². The van der Waals surface area contributed by atoms with Gasteiger partial charge in [-0.15, -0.1) is 0 Å². The molecule has 3 aromatic rings. The minimum Gasteiger partial charge on any atom is -0.398 e. The first-order chi connectivity index (χ1) is 11.5. The van der Waals surface area contributed by atoms with E-state index in [0.717, 1.165) is 22.3 Å². The topological polar surface area (TPSA) is 52.0 Å². The molecule has 3 aromatic carbocycles. The highest BCUT2D eigenvalue weighted by molar-refractivity contribution is 5.86. The van der Waals surface area contributed by atoms with Crippen LogP contribution >= 0.6 is 0 Å². The summed E-state index contributed by atoms with van der Waals surface area (Å²) in [6, 6.07) is 20.6. The highest BCUT2D eigenvalue weighted by Gasteiger charge is 2.08. The zero-order valence-electron chi connectivity index (χ0n) is 14.1. The molecule has 0 atom stereocenters. The minimum atomic E-state index is 0.688. The van der Waals surface area contributed by atoms with Crippen LogP contribution in [0.3, 0.4) is 0 Å². The molecule has 0 aliphatic rings. The largest absolute Gasteiger partial charge is 0.398 e. The molecule has 0 unspecified atom stereocenters. The van der Waals surface area contributed by atoms with Crippen molar-refractivity contribution in [3.05, 3.63) is 82.9 Å². The van der Waals surface area contributed by atoms with Gasteiger partial charge in [0.1, 0.15) is 0 Å². The summed E-state index contributed by atoms with van der Waals surface area (Å²) in [6.07, 6.45) is 4.10. The van der Waals surface area contributed by atoms with Crippen LogP contribution in [-0.2, 0) is 0 Å². The lowest BCUT2D eigenvalue weighted by atomic mass is 9.96. The molecule has 0 radical (unpaired) electrons. The summed E-state index contributed by atoms with van der Waals surface area (Å²) >= 11 is 0. The Bertz CT molecular complexity index is 873. The maximum absolute atomic E-state index is 6.23. The maximum atomic E-state index is 6.23. The molecular weight excluding hydrogens is 292 g/mol. The van der Waals surface area contributed by atoms with Crippen molar-refractivity contribution in [2.45, 2.75) is 13.8 Å². The van der Waals surface area contributed by atoms with Gasteiger partial charge in [0.2, 0.25) is 0 Å². The minimum absolute atomic E-state index is 0.688. The van der Waals surface area contributed by atoms with Gasteiger partial charge in [-0.05, 0) is 42.7 Å². The normalized spacial score (nSPS) is 11.1. The molecule has 0 heterocycles. The van der Waals surface area contributed by atoms with Crippen molar-refractivity contribution >= 4 is 23.5 Å². The number of nitrogens with two attached hydrogens (primary N) is 2. The van der Waals surface area contributed by atoms with Crippen LogP contribution in [0.5, 0.6) is 0 Å². The van der Waals surface area contributed by atoms with E-state index in [1.54, 1.807) is 0 Å². The van der Waals surface area contributed by atoms with Gasteiger partial charge >= 0.3 is 0 Å². The van der Waals surface area contributed by atoms with E-state index in [0.29, 0.717) is 11.4 Å². The van der Waals surface area contributed by atoms with Gasteiger partial charge in [-0.3, -0.25) is 0 Å². The second kappa shape index (κ2) is 6.63. The molecule has 0 bridgehead atoms. The van der Waals surface area contributed by atoms with Gasteiger partial charge in [0.15, 0.2) is 0 Å². The Morgan fingerprint density at radius 1 is 0.708 bits per heavy atom. The van der Waals surface area contributed by atoms with Gasteiger partial charge < -0.3 is 11.5 Å². The molecule has 0 spiro atoms. The van der Waals surface area contributed by atoms with E-state index in [1.807, 2.05) is 30.3 Å². The van der Waals surface area contributed by atoms with Crippen molar-refractivity contribution < 1.29 is 0 Å². The Hall–Kier alpha value is -3.00. The highest BCUT2D eigenvalue weighted by atomic mass is 14.6. The smallest absolute Gasteiger partial charge is 0.0414 e. The van der Waals surface area contributed by atoms with E-state index in [-0.39, 0.29) is 0 Å². The number of hydrogen-bond donors (Lipinski definition) is 2. The Balaban J connectivity index is 2.04. The predicted molar refractivity (Wildman–Crippen MR) is 106 cm³/mol. The van der Waals surface area contributed by atoms with Crippen LogP contribution in [0.25, 0.3) is 23.3 Å². The summed E-state index contributed by atoms with van der Waals surface area (Å²) in [5, 5.41) is 0. The van der Waals surface area contributed by atoms with E-state index in [1.165, 1.54) is 11.1 Å². The first-order valence-electron chi connectivity index (χ1n) is 8.04. The molecular formula is C22H22N2. The Kier molecular flexibility index (Phi) is 4.39. The molecule has 0 aromatic heterocycles. The Labute approximate surface area is 143 Å². The second-order valence-corrected chi connectivity index (χ2v) is 6.19. The molecule has 0 amide bonds. The van der Waals surface area contributed by atoms with Crippen LogP contribution in [0.15, 0.2) is 60.7 Å². The van der Waals surface area contributed by atoms with Gasteiger partial charge in [0, 0.05) is 16.9 Å². The molecule has 0 saturated carbocycles. The summed E-state index contributed by atoms with van der Waals surface area (Å²) in [6.45, 7) is 4.19. The van der Waals surface area contributed by atoms with Crippen LogP contribution in [0.1, 0.15) is 22.3 Å². The van der Waals surface area contributed by atoms with Gasteiger partial charge in [0.25, 0.3) is 0 Å². The molecule has 24 heavy (non-hydrogen) atoms. The van der Waals surface area contributed by atoms with Crippen molar-refractivity contribution in [1.29, 1.82) is 0 Å². The fourth-order valence-corrected chi connectivity index (χ4v) is 2.93. The quantitative estimate of drug-likeness (QED) is 0.509. The van der Waals surface area contributed by atoms with Crippen LogP contribution in [0, 0.1) is 13.8 Å². The maximum Gasteiger partial charge on any atom is 0.0414 e. The van der Waals surface area contributed by atoms with Crippen molar-refractivity contribution in [3.63, 3.8) is 0 Å². The van der Waals surface area contributed by atoms with Crippen molar-refractivity contribution in [1.82, 2.24) is 0 Å². The first-order valence-corrected chi connectivity index (χ1v) is 8.04. The molecule has 2 nitrogen and oxygen atoms in total. The van der Waals surface area contributed by atoms with E-state index in [4.69, 9.17) is 11.5 Å². The number of benzene rings is 3. The summed E-state index contributed by atoms with van der Waals surface area (Å²) < 4.78 is 0. The standard InChI is InChI=1S/C22H22N2/c1-15-10-16(2)12-19(11-15)20-13-18(21(23)14-22(20)24)9-8-17-6-4-3-5-7-17/h3-14H,23-24H2,1-2H3. The summed E-state index contributed by atoms with van der Waals surface area (Å²) in [7, 11) is 0. The zero-order chi connectivity index (χ0) is 17.1. The van der Waals surface area contributed by atoms with Crippen molar-refractivity contribution in [2.24, 2.45) is 0 Å². The molecule has 0 aliphatic heterocycles. The number of anilines is 2. The number of aryl methyl sites for hydroxylation is 2. The molecule has 120 valence electrons. The SMILES string of the molecule is Cc1cc(C)cc(-c2cc(C=Cc3ccccc3)c(N)cc2N)c1. The summed E-state index contributed by atoms with van der Waals surface area (Å²) in [5.41, 5.74) is 20.5. The lowest BCUT2D eigenvalue weighted by molar-refractivity contribution is 1.38. The molecule has 4 N–H and O–H groups in total. The molecule has 0 aliphatic carbocycles. The Morgan fingerprint density at radius 2 is 1.38 bits per heavy atom. The van der Waals surface area contributed by atoms with Gasteiger partial charge in [0.05, 0.1) is 0 Å². The average molecular weight is 314 g/mol. The predicted octanol–water partition coefficient (Wildman–Crippen LogP) is 5.31. The van der Waals surface area contributed by atoms with Crippen molar-refractivity contribution in [2.75, 3.05) is 11.5 Å². The average Bonchev–Trinajstić information content (AvgIpc) is 2.54. The van der Waals surface area contributed by atoms with Crippen molar-refractivity contribution in [3.8, 4) is 11.1 Å². The fourth-order valence-electron chi connectivity index (χ4n) is 2.93. The van der Waals surface area contributed by atoms with E-state index in [9.17, 15) is 0 Å². The molecule has 0 saturated heterocycles. The second-order valence-electron chi connectivity index (χ2n) is 6.19. The molecule has 0 fully saturated rings. The highest BCUT2D eigenvalue weighted by Crippen LogP contribution is 2.32. The molecule has 2 heteroatoms. The number of rotatable bonds is 3. The molecule has 3 rings (SSSR count). The lowest BCUT2D eigenvalue weighted by Crippen LogP contribution is -1.97. The van der Waals surface area contributed by atoms with Gasteiger partial charge in [-0.1, -0.05) is 71.8 Å². The van der Waals surface area contributed by atoms with E-state index >= 15 is 0 Å². The third-order valence-corrected chi connectivity index (χ3v) is 4.04. The summed E-state index contributed by atoms with van der Waals surface area (Å²) in [4.78, 5) is 0. The van der Waals surface area contributed by atoms with Crippen LogP contribution < -0.4 is 11.5 Å². The Morgan fingerprint density at radius 3 is 2.04 bits per heavy atom. The zero-order valence-corrected chi connectivity index (χ0v) is 14.1. The van der Waals surface area contributed by atoms with Crippen LogP contribution in [0.4, 0.5) is 11.4 Å². The fraction of sp³-hybridized carbons (Fsp3) is 0.0909.